The maximum atomic E-state index is 13.3. The first kappa shape index (κ1) is 23.4. The van der Waals surface area contributed by atoms with Crippen molar-refractivity contribution in [1.29, 1.82) is 0 Å². The summed E-state index contributed by atoms with van der Waals surface area (Å²) in [5, 5.41) is 11.5. The molecule has 1 heterocycles. The van der Waals surface area contributed by atoms with Crippen molar-refractivity contribution >= 4 is 34.7 Å². The van der Waals surface area contributed by atoms with E-state index in [1.165, 1.54) is 18.1 Å². The Hall–Kier alpha value is -3.77. The number of aliphatic hydroxyl groups excluding tert-OH is 1. The summed E-state index contributed by atoms with van der Waals surface area (Å²) in [6.07, 6.45) is 0. The van der Waals surface area contributed by atoms with Gasteiger partial charge in [-0.2, -0.15) is 0 Å². The van der Waals surface area contributed by atoms with Gasteiger partial charge in [-0.15, -0.1) is 0 Å². The molecule has 0 spiro atoms. The summed E-state index contributed by atoms with van der Waals surface area (Å²) in [5.41, 5.74) is 3.42. The Bertz CT molecular complexity index is 1290. The molecule has 0 radical (unpaired) electrons. The Morgan fingerprint density at radius 2 is 1.56 bits per heavy atom. The summed E-state index contributed by atoms with van der Waals surface area (Å²) in [6, 6.07) is 16.6. The van der Waals surface area contributed by atoms with E-state index in [4.69, 9.17) is 21.1 Å². The van der Waals surface area contributed by atoms with Gasteiger partial charge in [0, 0.05) is 11.3 Å². The number of nitrogens with zero attached hydrogens (tertiary/aromatic N) is 1. The van der Waals surface area contributed by atoms with Crippen LogP contribution in [0.5, 0.6) is 11.5 Å². The van der Waals surface area contributed by atoms with Gasteiger partial charge < -0.3 is 14.6 Å². The summed E-state index contributed by atoms with van der Waals surface area (Å²) in [7, 11) is 3.05. The lowest BCUT2D eigenvalue weighted by Gasteiger charge is -2.26. The predicted molar refractivity (Wildman–Crippen MR) is 132 cm³/mol. The SMILES string of the molecule is COc1ccc(C2/C(=C(/O)c3ccc(OC)c(Cl)c3)C(=O)C(=O)N2c2cc(C)cc(C)c2)cc1. The van der Waals surface area contributed by atoms with Crippen LogP contribution in [0.1, 0.15) is 28.3 Å². The van der Waals surface area contributed by atoms with Gasteiger partial charge in [0.05, 0.1) is 30.9 Å². The molecular weight excluding hydrogens is 454 g/mol. The number of rotatable bonds is 5. The number of benzene rings is 3. The number of amides is 1. The molecule has 1 saturated heterocycles. The molecule has 34 heavy (non-hydrogen) atoms. The van der Waals surface area contributed by atoms with E-state index >= 15 is 0 Å². The fourth-order valence-electron chi connectivity index (χ4n) is 4.26. The topological polar surface area (TPSA) is 76.1 Å². The number of hydrogen-bond donors (Lipinski definition) is 1. The Morgan fingerprint density at radius 3 is 2.12 bits per heavy atom. The van der Waals surface area contributed by atoms with Gasteiger partial charge in [-0.05, 0) is 73.0 Å². The van der Waals surface area contributed by atoms with Gasteiger partial charge in [0.25, 0.3) is 11.7 Å². The van der Waals surface area contributed by atoms with E-state index in [1.54, 1.807) is 43.5 Å². The van der Waals surface area contributed by atoms with Crippen LogP contribution < -0.4 is 14.4 Å². The molecule has 4 rings (SSSR count). The highest BCUT2D eigenvalue weighted by molar-refractivity contribution is 6.51. The molecule has 1 N–H and O–H groups in total. The number of Topliss-reactive ketones (excluding diaryl/α,β-unsaturated/α-hetero) is 1. The average molecular weight is 478 g/mol. The Kier molecular flexibility index (Phi) is 6.35. The highest BCUT2D eigenvalue weighted by Crippen LogP contribution is 2.43. The van der Waals surface area contributed by atoms with E-state index in [0.29, 0.717) is 28.3 Å². The number of carbonyl (C=O) groups excluding carboxylic acids is 2. The number of ether oxygens (including phenoxy) is 2. The van der Waals surface area contributed by atoms with Crippen LogP contribution in [-0.4, -0.2) is 31.0 Å². The molecular formula is C27H24ClNO5. The first-order chi connectivity index (χ1) is 16.2. The van der Waals surface area contributed by atoms with Crippen molar-refractivity contribution in [3.63, 3.8) is 0 Å². The quantitative estimate of drug-likeness (QED) is 0.294. The fraction of sp³-hybridized carbons (Fsp3) is 0.185. The number of hydrogen-bond acceptors (Lipinski definition) is 5. The van der Waals surface area contributed by atoms with Crippen LogP contribution in [0.2, 0.25) is 5.02 Å². The number of methoxy groups -OCH3 is 2. The molecule has 3 aromatic rings. The minimum Gasteiger partial charge on any atom is -0.507 e. The lowest BCUT2D eigenvalue weighted by Crippen LogP contribution is -2.29. The largest absolute Gasteiger partial charge is 0.507 e. The number of halogens is 1. The maximum absolute atomic E-state index is 13.3. The van der Waals surface area contributed by atoms with Crippen molar-refractivity contribution < 1.29 is 24.2 Å². The number of aliphatic hydroxyl groups is 1. The van der Waals surface area contributed by atoms with Gasteiger partial charge in [-0.25, -0.2) is 0 Å². The molecule has 1 aliphatic heterocycles. The van der Waals surface area contributed by atoms with Crippen LogP contribution in [0.25, 0.3) is 5.76 Å². The van der Waals surface area contributed by atoms with Crippen molar-refractivity contribution in [3.05, 3.63) is 93.5 Å². The van der Waals surface area contributed by atoms with E-state index < -0.39 is 17.7 Å². The second kappa shape index (κ2) is 9.23. The molecule has 1 amide bonds. The van der Waals surface area contributed by atoms with Crippen molar-refractivity contribution in [2.24, 2.45) is 0 Å². The maximum Gasteiger partial charge on any atom is 0.300 e. The normalized spacial score (nSPS) is 17.2. The van der Waals surface area contributed by atoms with Crippen molar-refractivity contribution in [1.82, 2.24) is 0 Å². The van der Waals surface area contributed by atoms with Gasteiger partial charge in [-0.3, -0.25) is 14.5 Å². The van der Waals surface area contributed by atoms with Crippen LogP contribution in [0, 0.1) is 13.8 Å². The van der Waals surface area contributed by atoms with E-state index in [2.05, 4.69) is 0 Å². The van der Waals surface area contributed by atoms with Gasteiger partial charge >= 0.3 is 0 Å². The molecule has 7 heteroatoms. The summed E-state index contributed by atoms with van der Waals surface area (Å²) < 4.78 is 10.4. The van der Waals surface area contributed by atoms with E-state index in [0.717, 1.165) is 11.1 Å². The average Bonchev–Trinajstić information content (AvgIpc) is 3.08. The summed E-state index contributed by atoms with van der Waals surface area (Å²) in [5.74, 6) is -0.735. The van der Waals surface area contributed by atoms with Crippen LogP contribution in [0.15, 0.2) is 66.2 Å². The van der Waals surface area contributed by atoms with E-state index in [9.17, 15) is 14.7 Å². The van der Waals surface area contributed by atoms with Crippen molar-refractivity contribution in [2.75, 3.05) is 19.1 Å². The zero-order chi connectivity index (χ0) is 24.6. The smallest absolute Gasteiger partial charge is 0.300 e. The van der Waals surface area contributed by atoms with Crippen LogP contribution in [0.4, 0.5) is 5.69 Å². The predicted octanol–water partition coefficient (Wildman–Crippen LogP) is 5.60. The van der Waals surface area contributed by atoms with Gasteiger partial charge in [-0.1, -0.05) is 29.8 Å². The number of carbonyl (C=O) groups is 2. The molecule has 174 valence electrons. The number of ketones is 1. The highest BCUT2D eigenvalue weighted by atomic mass is 35.5. The van der Waals surface area contributed by atoms with Crippen molar-refractivity contribution in [2.45, 2.75) is 19.9 Å². The Labute approximate surface area is 203 Å². The highest BCUT2D eigenvalue weighted by Gasteiger charge is 2.47. The monoisotopic (exact) mass is 477 g/mol. The fourth-order valence-corrected chi connectivity index (χ4v) is 4.52. The van der Waals surface area contributed by atoms with Crippen molar-refractivity contribution in [3.8, 4) is 11.5 Å². The van der Waals surface area contributed by atoms with E-state index in [1.807, 2.05) is 32.0 Å². The first-order valence-corrected chi connectivity index (χ1v) is 11.0. The summed E-state index contributed by atoms with van der Waals surface area (Å²) in [6.45, 7) is 3.85. The minimum atomic E-state index is -0.840. The first-order valence-electron chi connectivity index (χ1n) is 10.6. The summed E-state index contributed by atoms with van der Waals surface area (Å²) >= 11 is 6.26. The summed E-state index contributed by atoms with van der Waals surface area (Å²) in [4.78, 5) is 28.0. The molecule has 0 aromatic heterocycles. The van der Waals surface area contributed by atoms with Gasteiger partial charge in [0.1, 0.15) is 17.3 Å². The third-order valence-electron chi connectivity index (χ3n) is 5.79. The molecule has 1 atom stereocenters. The lowest BCUT2D eigenvalue weighted by molar-refractivity contribution is -0.132. The molecule has 0 saturated carbocycles. The zero-order valence-corrected chi connectivity index (χ0v) is 20.0. The second-order valence-corrected chi connectivity index (χ2v) is 8.54. The van der Waals surface area contributed by atoms with Crippen LogP contribution >= 0.6 is 11.6 Å². The molecule has 1 aliphatic rings. The third kappa shape index (κ3) is 4.13. The zero-order valence-electron chi connectivity index (χ0n) is 19.3. The van der Waals surface area contributed by atoms with Crippen LogP contribution in [0.3, 0.4) is 0 Å². The lowest BCUT2D eigenvalue weighted by atomic mass is 9.95. The Balaban J connectivity index is 1.95. The minimum absolute atomic E-state index is 0.0180. The van der Waals surface area contributed by atoms with Gasteiger partial charge in [0.2, 0.25) is 0 Å². The number of anilines is 1. The third-order valence-corrected chi connectivity index (χ3v) is 6.08. The standard InChI is InChI=1S/C27H24ClNO5/c1-15-11-16(2)13-19(12-15)29-24(17-5-8-20(33-3)9-6-17)23(26(31)27(29)32)25(30)18-7-10-22(34-4)21(28)14-18/h5-14,24,30H,1-4H3/b25-23-. The Morgan fingerprint density at radius 1 is 0.912 bits per heavy atom. The second-order valence-electron chi connectivity index (χ2n) is 8.14. The molecule has 0 aliphatic carbocycles. The number of aryl methyl sites for hydroxylation is 2. The van der Waals surface area contributed by atoms with Crippen LogP contribution in [-0.2, 0) is 9.59 Å². The van der Waals surface area contributed by atoms with E-state index in [-0.39, 0.29) is 16.4 Å². The molecule has 6 nitrogen and oxygen atoms in total. The molecule has 1 unspecified atom stereocenters. The molecule has 3 aromatic carbocycles. The molecule has 1 fully saturated rings. The van der Waals surface area contributed by atoms with Gasteiger partial charge in [0.15, 0.2) is 0 Å². The molecule has 0 bridgehead atoms.